The lowest BCUT2D eigenvalue weighted by molar-refractivity contribution is 0.121. The van der Waals surface area contributed by atoms with E-state index in [4.69, 9.17) is 11.6 Å². The first-order valence-electron chi connectivity index (χ1n) is 9.28. The number of rotatable bonds is 4. The molecule has 4 aromatic heterocycles. The van der Waals surface area contributed by atoms with Crippen molar-refractivity contribution in [1.82, 2.24) is 34.2 Å². The van der Waals surface area contributed by atoms with Gasteiger partial charge in [0.15, 0.2) is 0 Å². The fourth-order valence-corrected chi connectivity index (χ4v) is 4.02. The Hall–Kier alpha value is -3.98. The van der Waals surface area contributed by atoms with Crippen LogP contribution >= 0.6 is 0 Å². The average Bonchev–Trinajstić information content (AvgIpc) is 3.43. The highest BCUT2D eigenvalue weighted by molar-refractivity contribution is 5.78. The minimum absolute atomic E-state index is 0.0737. The quantitative estimate of drug-likeness (QED) is 0.539. The smallest absolute Gasteiger partial charge is 0.275 e. The third kappa shape index (κ3) is 2.67. The molecule has 0 aliphatic heterocycles. The van der Waals surface area contributed by atoms with Crippen LogP contribution in [0.4, 0.5) is 0 Å². The first-order chi connectivity index (χ1) is 14.1. The SMILES string of the molecule is C#[N+]C1CC(CC#N)(n2cc(-c3nc(-c4cnn(C)c4)cn4nccc34)cn2)C1. The molecule has 0 aromatic carbocycles. The molecule has 1 saturated carbocycles. The second-order valence-corrected chi connectivity index (χ2v) is 7.48. The predicted octanol–water partition coefficient (Wildman–Crippen LogP) is 2.73. The lowest BCUT2D eigenvalue weighted by Gasteiger charge is -2.38. The summed E-state index contributed by atoms with van der Waals surface area (Å²) in [6.07, 6.45) is 12.8. The molecule has 5 rings (SSSR count). The molecule has 9 heteroatoms. The number of nitriles is 1. The maximum Gasteiger partial charge on any atom is 0.276 e. The van der Waals surface area contributed by atoms with Crippen molar-refractivity contribution in [3.8, 4) is 35.2 Å². The van der Waals surface area contributed by atoms with E-state index in [9.17, 15) is 5.26 Å². The van der Waals surface area contributed by atoms with Crippen molar-refractivity contribution in [3.63, 3.8) is 0 Å². The Morgan fingerprint density at radius 2 is 2.03 bits per heavy atom. The third-order valence-corrected chi connectivity index (χ3v) is 5.58. The summed E-state index contributed by atoms with van der Waals surface area (Å²) < 4.78 is 5.42. The summed E-state index contributed by atoms with van der Waals surface area (Å²) in [4.78, 5) is 8.73. The standard InChI is InChI=1S/C20H18N9/c1-22-16-7-20(8-16,4-5-21)29-12-15(10-25-29)19-18-3-6-23-28(18)13-17(26-19)14-9-24-27(2)11-14/h1,3,6,9-13,16H,4,7-8H2,2H3/q+1. The summed E-state index contributed by atoms with van der Waals surface area (Å²) in [5.41, 5.74) is 3.85. The molecule has 1 aliphatic rings. The van der Waals surface area contributed by atoms with Crippen LogP contribution in [0.25, 0.3) is 32.9 Å². The van der Waals surface area contributed by atoms with Crippen molar-refractivity contribution < 1.29 is 0 Å². The molecule has 1 fully saturated rings. The van der Waals surface area contributed by atoms with Gasteiger partial charge in [0.05, 0.1) is 72.6 Å². The van der Waals surface area contributed by atoms with Crippen LogP contribution in [0.5, 0.6) is 0 Å². The van der Waals surface area contributed by atoms with Crippen LogP contribution in [0.1, 0.15) is 19.3 Å². The van der Waals surface area contributed by atoms with Gasteiger partial charge in [-0.3, -0.25) is 9.36 Å². The maximum absolute atomic E-state index is 9.30. The molecule has 4 aromatic rings. The summed E-state index contributed by atoms with van der Waals surface area (Å²) in [6.45, 7) is 5.44. The van der Waals surface area contributed by atoms with E-state index < -0.39 is 0 Å². The fourth-order valence-electron chi connectivity index (χ4n) is 4.02. The van der Waals surface area contributed by atoms with Crippen LogP contribution in [-0.4, -0.2) is 40.2 Å². The zero-order chi connectivity index (χ0) is 20.0. The Balaban J connectivity index is 1.59. The second kappa shape index (κ2) is 6.28. The Labute approximate surface area is 166 Å². The van der Waals surface area contributed by atoms with Gasteiger partial charge in [0.2, 0.25) is 0 Å². The van der Waals surface area contributed by atoms with Gasteiger partial charge in [-0.15, -0.1) is 0 Å². The van der Waals surface area contributed by atoms with Crippen molar-refractivity contribution in [2.45, 2.75) is 30.8 Å². The number of hydrogen-bond donors (Lipinski definition) is 0. The number of nitrogens with zero attached hydrogens (tertiary/aromatic N) is 9. The molecule has 0 bridgehead atoms. The topological polar surface area (TPSA) is 94.0 Å². The molecule has 29 heavy (non-hydrogen) atoms. The Morgan fingerprint density at radius 1 is 1.21 bits per heavy atom. The first kappa shape index (κ1) is 17.1. The molecular formula is C20H18N9+. The van der Waals surface area contributed by atoms with Gasteiger partial charge >= 0.3 is 0 Å². The lowest BCUT2D eigenvalue weighted by Crippen LogP contribution is -2.48. The second-order valence-electron chi connectivity index (χ2n) is 7.48. The summed E-state index contributed by atoms with van der Waals surface area (Å²) >= 11 is 0. The van der Waals surface area contributed by atoms with E-state index >= 15 is 0 Å². The van der Waals surface area contributed by atoms with Gasteiger partial charge in [-0.1, -0.05) is 4.85 Å². The number of fused-ring (bicyclic) bond motifs is 1. The van der Waals surface area contributed by atoms with Crippen LogP contribution in [0.3, 0.4) is 0 Å². The van der Waals surface area contributed by atoms with E-state index in [1.165, 1.54) is 0 Å². The van der Waals surface area contributed by atoms with E-state index in [0.29, 0.717) is 19.3 Å². The van der Waals surface area contributed by atoms with Crippen LogP contribution in [0.2, 0.25) is 0 Å². The molecule has 9 nitrogen and oxygen atoms in total. The van der Waals surface area contributed by atoms with Crippen molar-refractivity contribution in [2.24, 2.45) is 7.05 Å². The van der Waals surface area contributed by atoms with E-state index in [1.807, 2.05) is 36.4 Å². The minimum atomic E-state index is -0.363. The molecule has 0 atom stereocenters. The van der Waals surface area contributed by atoms with Crippen molar-refractivity contribution in [2.75, 3.05) is 0 Å². The van der Waals surface area contributed by atoms with Gasteiger partial charge < -0.3 is 0 Å². The monoisotopic (exact) mass is 384 g/mol. The van der Waals surface area contributed by atoms with Gasteiger partial charge in [0, 0.05) is 30.6 Å². The number of aromatic nitrogens is 7. The summed E-state index contributed by atoms with van der Waals surface area (Å²) in [5.74, 6) is 0. The molecule has 0 spiro atoms. The molecule has 0 unspecified atom stereocenters. The molecule has 0 radical (unpaired) electrons. The van der Waals surface area contributed by atoms with Crippen LogP contribution in [-0.2, 0) is 12.6 Å². The van der Waals surface area contributed by atoms with Gasteiger partial charge in [0.1, 0.15) is 0 Å². The third-order valence-electron chi connectivity index (χ3n) is 5.58. The van der Waals surface area contributed by atoms with Crippen molar-refractivity contribution >= 4 is 5.52 Å². The largest absolute Gasteiger partial charge is 0.276 e. The number of hydrogen-bond acceptors (Lipinski definition) is 5. The fraction of sp³-hybridized carbons (Fsp3) is 0.300. The molecule has 1 aliphatic carbocycles. The normalized spacial score (nSPS) is 20.9. The van der Waals surface area contributed by atoms with Gasteiger partial charge in [-0.05, 0) is 6.07 Å². The van der Waals surface area contributed by atoms with Gasteiger partial charge in [-0.25, -0.2) is 9.50 Å². The van der Waals surface area contributed by atoms with Crippen LogP contribution in [0.15, 0.2) is 43.2 Å². The van der Waals surface area contributed by atoms with Crippen LogP contribution < -0.4 is 0 Å². The van der Waals surface area contributed by atoms with Crippen molar-refractivity contribution in [3.05, 3.63) is 48.1 Å². The molecule has 4 heterocycles. The lowest BCUT2D eigenvalue weighted by atomic mass is 9.71. The molecule has 0 amide bonds. The van der Waals surface area contributed by atoms with Gasteiger partial charge in [0.25, 0.3) is 12.6 Å². The van der Waals surface area contributed by atoms with Crippen molar-refractivity contribution in [1.29, 1.82) is 5.26 Å². The van der Waals surface area contributed by atoms with E-state index in [1.54, 1.807) is 27.8 Å². The van der Waals surface area contributed by atoms with E-state index in [2.05, 4.69) is 26.2 Å². The highest BCUT2D eigenvalue weighted by atomic mass is 15.3. The van der Waals surface area contributed by atoms with Gasteiger partial charge in [-0.2, -0.15) is 20.6 Å². The summed E-state index contributed by atoms with van der Waals surface area (Å²) in [5, 5.41) is 22.5. The zero-order valence-electron chi connectivity index (χ0n) is 15.8. The maximum atomic E-state index is 9.30. The molecule has 142 valence electrons. The molecule has 0 N–H and O–H groups in total. The number of aryl methyl sites for hydroxylation is 1. The van der Waals surface area contributed by atoms with Crippen LogP contribution in [0, 0.1) is 17.9 Å². The zero-order valence-corrected chi connectivity index (χ0v) is 15.8. The highest BCUT2D eigenvalue weighted by Crippen LogP contribution is 2.44. The summed E-state index contributed by atoms with van der Waals surface area (Å²) in [6, 6.07) is 4.27. The molecular weight excluding hydrogens is 366 g/mol. The first-order valence-corrected chi connectivity index (χ1v) is 9.28. The predicted molar refractivity (Wildman–Crippen MR) is 106 cm³/mol. The van der Waals surface area contributed by atoms with E-state index in [0.717, 1.165) is 28.0 Å². The minimum Gasteiger partial charge on any atom is -0.275 e. The highest BCUT2D eigenvalue weighted by Gasteiger charge is 2.52. The summed E-state index contributed by atoms with van der Waals surface area (Å²) in [7, 11) is 1.87. The van der Waals surface area contributed by atoms with E-state index in [-0.39, 0.29) is 11.6 Å². The Morgan fingerprint density at radius 3 is 2.76 bits per heavy atom. The Bertz CT molecular complexity index is 1290. The Kier molecular flexibility index (Phi) is 3.71. The average molecular weight is 384 g/mol. The molecule has 0 saturated heterocycles.